The zero-order valence-electron chi connectivity index (χ0n) is 21.1. The minimum absolute atomic E-state index is 0.0448. The highest BCUT2D eigenvalue weighted by Crippen LogP contribution is 2.39. The Morgan fingerprint density at radius 1 is 1.15 bits per heavy atom. The third-order valence-electron chi connectivity index (χ3n) is 6.48. The Labute approximate surface area is 198 Å². The number of hydrogen-bond acceptors (Lipinski definition) is 5. The summed E-state index contributed by atoms with van der Waals surface area (Å²) in [6.07, 6.45) is 7.78. The zero-order valence-corrected chi connectivity index (χ0v) is 21.1. The fraction of sp³-hybridized carbons (Fsp3) is 0.593. The SMILES string of the molecule is Cc1ncc(-c2ccc(OCCCC(C)(C)C)cn2)c(N2CCC(C)(C)CC2)c1CC(=O)O. The topological polar surface area (TPSA) is 75.6 Å². The van der Waals surface area contributed by atoms with Gasteiger partial charge in [0.1, 0.15) is 5.75 Å². The molecule has 0 unspecified atom stereocenters. The minimum atomic E-state index is -0.845. The van der Waals surface area contributed by atoms with Gasteiger partial charge in [-0.3, -0.25) is 14.8 Å². The summed E-state index contributed by atoms with van der Waals surface area (Å²) in [6, 6.07) is 3.90. The molecule has 0 radical (unpaired) electrons. The number of hydrogen-bond donors (Lipinski definition) is 1. The molecular weight excluding hydrogens is 414 g/mol. The van der Waals surface area contributed by atoms with Gasteiger partial charge in [0.2, 0.25) is 0 Å². The van der Waals surface area contributed by atoms with E-state index < -0.39 is 5.97 Å². The molecule has 0 amide bonds. The number of anilines is 1. The largest absolute Gasteiger partial charge is 0.492 e. The quantitative estimate of drug-likeness (QED) is 0.501. The number of pyridine rings is 2. The number of nitrogens with zero attached hydrogens (tertiary/aromatic N) is 3. The van der Waals surface area contributed by atoms with Crippen molar-refractivity contribution in [3.63, 3.8) is 0 Å². The van der Waals surface area contributed by atoms with E-state index in [2.05, 4.69) is 49.5 Å². The van der Waals surface area contributed by atoms with Crippen LogP contribution in [0.3, 0.4) is 0 Å². The van der Waals surface area contributed by atoms with E-state index in [0.717, 1.165) is 72.7 Å². The standard InChI is InChI=1S/C27H39N3O3/c1-19-21(16-24(31)32)25(30-13-11-27(5,6)12-14-30)22(18-28-19)23-9-8-20(17-29-23)33-15-7-10-26(2,3)4/h8-9,17-18H,7,10-16H2,1-6H3,(H,31,32). The maximum atomic E-state index is 11.7. The van der Waals surface area contributed by atoms with E-state index >= 15 is 0 Å². The van der Waals surface area contributed by atoms with Crippen molar-refractivity contribution in [3.05, 3.63) is 35.8 Å². The van der Waals surface area contributed by atoms with Crippen LogP contribution in [0.1, 0.15) is 71.6 Å². The second-order valence-electron chi connectivity index (χ2n) is 11.2. The van der Waals surface area contributed by atoms with Gasteiger partial charge < -0.3 is 14.7 Å². The van der Waals surface area contributed by atoms with E-state index in [-0.39, 0.29) is 6.42 Å². The molecule has 0 aliphatic carbocycles. The van der Waals surface area contributed by atoms with E-state index in [4.69, 9.17) is 4.74 Å². The highest BCUT2D eigenvalue weighted by molar-refractivity contribution is 5.83. The first kappa shape index (κ1) is 25.0. The van der Waals surface area contributed by atoms with Crippen LogP contribution in [0.4, 0.5) is 5.69 Å². The Kier molecular flexibility index (Phi) is 7.65. The van der Waals surface area contributed by atoms with E-state index in [1.165, 1.54) is 0 Å². The summed E-state index contributed by atoms with van der Waals surface area (Å²) in [6.45, 7) is 15.6. The lowest BCUT2D eigenvalue weighted by Gasteiger charge is -2.40. The number of ether oxygens (including phenoxy) is 1. The average Bonchev–Trinajstić information content (AvgIpc) is 2.72. The molecular formula is C27H39N3O3. The number of aromatic nitrogens is 2. The third-order valence-corrected chi connectivity index (χ3v) is 6.48. The van der Waals surface area contributed by atoms with Crippen LogP contribution in [0.25, 0.3) is 11.3 Å². The van der Waals surface area contributed by atoms with Gasteiger partial charge >= 0.3 is 5.97 Å². The van der Waals surface area contributed by atoms with Crippen molar-refractivity contribution < 1.29 is 14.6 Å². The zero-order chi connectivity index (χ0) is 24.2. The van der Waals surface area contributed by atoms with Gasteiger partial charge in [-0.2, -0.15) is 0 Å². The third kappa shape index (κ3) is 6.92. The summed E-state index contributed by atoms with van der Waals surface area (Å²) >= 11 is 0. The van der Waals surface area contributed by atoms with Crippen LogP contribution >= 0.6 is 0 Å². The van der Waals surface area contributed by atoms with Crippen molar-refractivity contribution in [1.82, 2.24) is 9.97 Å². The average molecular weight is 454 g/mol. The molecule has 1 N–H and O–H groups in total. The summed E-state index contributed by atoms with van der Waals surface area (Å²) in [7, 11) is 0. The van der Waals surface area contributed by atoms with E-state index in [0.29, 0.717) is 17.4 Å². The van der Waals surface area contributed by atoms with Crippen LogP contribution in [-0.2, 0) is 11.2 Å². The van der Waals surface area contributed by atoms with Crippen LogP contribution < -0.4 is 9.64 Å². The fourth-order valence-corrected chi connectivity index (χ4v) is 4.30. The first-order valence-corrected chi connectivity index (χ1v) is 12.0. The summed E-state index contributed by atoms with van der Waals surface area (Å²) < 4.78 is 5.89. The molecule has 1 saturated heterocycles. The molecule has 2 aromatic rings. The van der Waals surface area contributed by atoms with Gasteiger partial charge in [-0.05, 0) is 55.6 Å². The number of carboxylic acid groups (broad SMARTS) is 1. The van der Waals surface area contributed by atoms with Crippen molar-refractivity contribution in [2.45, 2.75) is 73.6 Å². The Morgan fingerprint density at radius 2 is 1.85 bits per heavy atom. The van der Waals surface area contributed by atoms with Crippen molar-refractivity contribution in [2.24, 2.45) is 10.8 Å². The van der Waals surface area contributed by atoms with Gasteiger partial charge in [0.25, 0.3) is 0 Å². The lowest BCUT2D eigenvalue weighted by Crippen LogP contribution is -2.38. The summed E-state index contributed by atoms with van der Waals surface area (Å²) in [5.74, 6) is -0.0950. The molecule has 3 heterocycles. The molecule has 6 nitrogen and oxygen atoms in total. The molecule has 3 rings (SSSR count). The molecule has 2 aromatic heterocycles. The van der Waals surface area contributed by atoms with Gasteiger partial charge in [-0.15, -0.1) is 0 Å². The number of aliphatic carboxylic acids is 1. The normalized spacial score (nSPS) is 16.0. The van der Waals surface area contributed by atoms with Gasteiger partial charge in [-0.1, -0.05) is 34.6 Å². The van der Waals surface area contributed by atoms with Gasteiger partial charge in [0.05, 0.1) is 30.6 Å². The summed E-state index contributed by atoms with van der Waals surface area (Å²) in [5.41, 5.74) is 4.79. The Hall–Kier alpha value is -2.63. The van der Waals surface area contributed by atoms with E-state index in [1.807, 2.05) is 25.3 Å². The lowest BCUT2D eigenvalue weighted by molar-refractivity contribution is -0.136. The highest BCUT2D eigenvalue weighted by atomic mass is 16.5. The van der Waals surface area contributed by atoms with E-state index in [1.54, 1.807) is 6.20 Å². The smallest absolute Gasteiger partial charge is 0.307 e. The molecule has 0 aromatic carbocycles. The predicted octanol–water partition coefficient (Wildman–Crippen LogP) is 5.91. The molecule has 1 fully saturated rings. The number of piperidine rings is 1. The van der Waals surface area contributed by atoms with E-state index in [9.17, 15) is 9.90 Å². The van der Waals surface area contributed by atoms with Crippen molar-refractivity contribution in [1.29, 1.82) is 0 Å². The number of carbonyl (C=O) groups is 1. The monoisotopic (exact) mass is 453 g/mol. The lowest BCUT2D eigenvalue weighted by atomic mass is 9.82. The molecule has 0 saturated carbocycles. The second kappa shape index (κ2) is 10.1. The Bertz CT molecular complexity index is 952. The van der Waals surface area contributed by atoms with Crippen LogP contribution in [-0.4, -0.2) is 40.7 Å². The van der Waals surface area contributed by atoms with Crippen LogP contribution in [0.5, 0.6) is 5.75 Å². The molecule has 6 heteroatoms. The fourth-order valence-electron chi connectivity index (χ4n) is 4.30. The Balaban J connectivity index is 1.86. The first-order valence-electron chi connectivity index (χ1n) is 12.0. The van der Waals surface area contributed by atoms with Crippen molar-refractivity contribution in [2.75, 3.05) is 24.6 Å². The first-order chi connectivity index (χ1) is 15.5. The molecule has 1 aliphatic rings. The number of carboxylic acids is 1. The highest BCUT2D eigenvalue weighted by Gasteiger charge is 2.29. The minimum Gasteiger partial charge on any atom is -0.492 e. The van der Waals surface area contributed by atoms with Gasteiger partial charge in [-0.25, -0.2) is 0 Å². The number of aryl methyl sites for hydroxylation is 1. The van der Waals surface area contributed by atoms with Gasteiger partial charge in [0.15, 0.2) is 0 Å². The van der Waals surface area contributed by atoms with Crippen molar-refractivity contribution in [3.8, 4) is 17.0 Å². The van der Waals surface area contributed by atoms with Crippen molar-refractivity contribution >= 4 is 11.7 Å². The van der Waals surface area contributed by atoms with Crippen LogP contribution in [0.15, 0.2) is 24.5 Å². The summed E-state index contributed by atoms with van der Waals surface area (Å²) in [4.78, 5) is 23.2. The maximum absolute atomic E-state index is 11.7. The van der Waals surface area contributed by atoms with Crippen LogP contribution in [0, 0.1) is 17.8 Å². The molecule has 33 heavy (non-hydrogen) atoms. The molecule has 0 spiro atoms. The molecule has 1 aliphatic heterocycles. The Morgan fingerprint density at radius 3 is 2.42 bits per heavy atom. The maximum Gasteiger partial charge on any atom is 0.307 e. The van der Waals surface area contributed by atoms with Gasteiger partial charge in [0, 0.05) is 36.1 Å². The second-order valence-corrected chi connectivity index (χ2v) is 11.2. The molecule has 0 atom stereocenters. The number of rotatable bonds is 8. The predicted molar refractivity (Wildman–Crippen MR) is 133 cm³/mol. The summed E-state index contributed by atoms with van der Waals surface area (Å²) in [5, 5.41) is 9.57. The molecule has 180 valence electrons. The molecule has 0 bridgehead atoms. The van der Waals surface area contributed by atoms with Crippen LogP contribution in [0.2, 0.25) is 0 Å².